The fraction of sp³-hybridized carbons (Fsp3) is 0.565. The highest BCUT2D eigenvalue weighted by molar-refractivity contribution is 5.92. The van der Waals surface area contributed by atoms with E-state index in [9.17, 15) is 19.2 Å². The summed E-state index contributed by atoms with van der Waals surface area (Å²) in [5, 5.41) is 0. The number of aryl methyl sites for hydroxylation is 1. The van der Waals surface area contributed by atoms with E-state index in [1.807, 2.05) is 30.3 Å². The van der Waals surface area contributed by atoms with E-state index in [4.69, 9.17) is 14.5 Å². The number of carbonyl (C=O) groups excluding carboxylic acids is 4. The maximum Gasteiger partial charge on any atom is 0.453 e. The van der Waals surface area contributed by atoms with Crippen LogP contribution in [0.2, 0.25) is 0 Å². The number of ether oxygens (including phenoxy) is 1. The number of hydrogen-bond acceptors (Lipinski definition) is 7. The molecule has 0 bridgehead atoms. The second-order valence-electron chi connectivity index (χ2n) is 8.48. The quantitative estimate of drug-likeness (QED) is 0.480. The molecule has 0 aliphatic carbocycles. The number of piperazine rings is 1. The minimum atomic E-state index is -0.981. The number of carbonyl (C=O) groups is 4. The standard InChI is InChI=1S/C23H29N3O7/c27-20(24-11-13-31-14-12-24)15-19-22(29)25-10-4-7-18(25)16-26(19)23(30)33-32-21(28)9-8-17-5-2-1-3-6-17/h1-3,5-6,18-19H,4,7-16H2/t18-,19-/m0/s1. The highest BCUT2D eigenvalue weighted by Gasteiger charge is 2.46. The summed E-state index contributed by atoms with van der Waals surface area (Å²) in [6.45, 7) is 2.66. The van der Waals surface area contributed by atoms with Crippen LogP contribution in [0.15, 0.2) is 30.3 Å². The van der Waals surface area contributed by atoms with Gasteiger partial charge < -0.3 is 14.5 Å². The van der Waals surface area contributed by atoms with Gasteiger partial charge in [-0.25, -0.2) is 19.4 Å². The Morgan fingerprint density at radius 3 is 2.55 bits per heavy atom. The zero-order chi connectivity index (χ0) is 23.2. The summed E-state index contributed by atoms with van der Waals surface area (Å²) in [6, 6.07) is 8.32. The zero-order valence-electron chi connectivity index (χ0n) is 18.5. The van der Waals surface area contributed by atoms with Gasteiger partial charge in [-0.05, 0) is 24.8 Å². The van der Waals surface area contributed by atoms with Crippen LogP contribution in [0.1, 0.15) is 31.2 Å². The molecule has 3 aliphatic rings. The van der Waals surface area contributed by atoms with Gasteiger partial charge in [0.1, 0.15) is 6.04 Å². The predicted octanol–water partition coefficient (Wildman–Crippen LogP) is 1.14. The van der Waals surface area contributed by atoms with Crippen molar-refractivity contribution in [3.05, 3.63) is 35.9 Å². The van der Waals surface area contributed by atoms with Crippen molar-refractivity contribution in [2.24, 2.45) is 0 Å². The van der Waals surface area contributed by atoms with E-state index in [1.165, 1.54) is 4.90 Å². The van der Waals surface area contributed by atoms with Crippen LogP contribution in [0.25, 0.3) is 0 Å². The molecule has 1 aromatic carbocycles. The van der Waals surface area contributed by atoms with Crippen LogP contribution in [0, 0.1) is 0 Å². The van der Waals surface area contributed by atoms with E-state index in [0.717, 1.165) is 18.4 Å². The van der Waals surface area contributed by atoms with E-state index < -0.39 is 18.1 Å². The third-order valence-electron chi connectivity index (χ3n) is 6.36. The number of amides is 3. The van der Waals surface area contributed by atoms with Gasteiger partial charge in [-0.3, -0.25) is 14.5 Å². The molecule has 178 valence electrons. The Bertz CT molecular complexity index is 872. The van der Waals surface area contributed by atoms with Crippen LogP contribution in [0.5, 0.6) is 0 Å². The van der Waals surface area contributed by atoms with Crippen molar-refractivity contribution < 1.29 is 33.7 Å². The molecule has 0 aromatic heterocycles. The summed E-state index contributed by atoms with van der Waals surface area (Å²) in [5.41, 5.74) is 0.963. The minimum Gasteiger partial charge on any atom is -0.378 e. The van der Waals surface area contributed by atoms with Crippen molar-refractivity contribution in [1.82, 2.24) is 14.7 Å². The van der Waals surface area contributed by atoms with Crippen LogP contribution < -0.4 is 0 Å². The Morgan fingerprint density at radius 2 is 1.79 bits per heavy atom. The fourth-order valence-electron chi connectivity index (χ4n) is 4.56. The number of benzene rings is 1. The Labute approximate surface area is 192 Å². The molecule has 0 radical (unpaired) electrons. The highest BCUT2D eigenvalue weighted by Crippen LogP contribution is 2.28. The Balaban J connectivity index is 1.35. The van der Waals surface area contributed by atoms with Gasteiger partial charge in [0.2, 0.25) is 11.8 Å². The summed E-state index contributed by atoms with van der Waals surface area (Å²) in [6.07, 6.45) is 1.05. The molecule has 0 unspecified atom stereocenters. The second-order valence-corrected chi connectivity index (χ2v) is 8.48. The van der Waals surface area contributed by atoms with Gasteiger partial charge in [0, 0.05) is 32.2 Å². The molecule has 3 saturated heterocycles. The van der Waals surface area contributed by atoms with Crippen molar-refractivity contribution >= 4 is 23.9 Å². The maximum atomic E-state index is 13.1. The SMILES string of the molecule is O=C(CCc1ccccc1)OOC(=O)N1C[C@@H]2CCCN2C(=O)[C@@H]1CC(=O)N1CCOCC1. The first-order valence-corrected chi connectivity index (χ1v) is 11.4. The highest BCUT2D eigenvalue weighted by atomic mass is 17.2. The first-order valence-electron chi connectivity index (χ1n) is 11.4. The molecule has 1 aromatic rings. The lowest BCUT2D eigenvalue weighted by atomic mass is 10.0. The molecule has 3 fully saturated rings. The van der Waals surface area contributed by atoms with E-state index >= 15 is 0 Å². The van der Waals surface area contributed by atoms with Crippen molar-refractivity contribution in [2.75, 3.05) is 39.4 Å². The van der Waals surface area contributed by atoms with Crippen molar-refractivity contribution in [2.45, 2.75) is 44.2 Å². The van der Waals surface area contributed by atoms with Crippen LogP contribution in [-0.2, 0) is 35.3 Å². The molecule has 0 spiro atoms. The molecule has 33 heavy (non-hydrogen) atoms. The number of morpholine rings is 1. The van der Waals surface area contributed by atoms with Crippen molar-refractivity contribution in [3.8, 4) is 0 Å². The minimum absolute atomic E-state index is 0.0472. The molecular weight excluding hydrogens is 430 g/mol. The lowest BCUT2D eigenvalue weighted by Gasteiger charge is -2.42. The van der Waals surface area contributed by atoms with Crippen molar-refractivity contribution in [3.63, 3.8) is 0 Å². The van der Waals surface area contributed by atoms with Gasteiger partial charge in [-0.15, -0.1) is 0 Å². The van der Waals surface area contributed by atoms with Gasteiger partial charge in [0.05, 0.1) is 26.1 Å². The normalized spacial score (nSPS) is 22.7. The average molecular weight is 459 g/mol. The molecule has 3 amide bonds. The van der Waals surface area contributed by atoms with Gasteiger partial charge >= 0.3 is 12.1 Å². The molecule has 3 aliphatic heterocycles. The monoisotopic (exact) mass is 459 g/mol. The van der Waals surface area contributed by atoms with Gasteiger partial charge in [-0.1, -0.05) is 30.3 Å². The number of fused-ring (bicyclic) bond motifs is 1. The van der Waals surface area contributed by atoms with E-state index in [1.54, 1.807) is 9.80 Å². The van der Waals surface area contributed by atoms with E-state index in [2.05, 4.69) is 0 Å². The molecule has 4 rings (SSSR count). The lowest BCUT2D eigenvalue weighted by Crippen LogP contribution is -2.62. The Kier molecular flexibility index (Phi) is 7.43. The van der Waals surface area contributed by atoms with E-state index in [-0.39, 0.29) is 37.2 Å². The zero-order valence-corrected chi connectivity index (χ0v) is 18.5. The topological polar surface area (TPSA) is 106 Å². The van der Waals surface area contributed by atoms with Crippen molar-refractivity contribution in [1.29, 1.82) is 0 Å². The van der Waals surface area contributed by atoms with E-state index in [0.29, 0.717) is 39.3 Å². The molecule has 2 atom stereocenters. The lowest BCUT2D eigenvalue weighted by molar-refractivity contribution is -0.239. The molecule has 3 heterocycles. The number of nitrogens with zero attached hydrogens (tertiary/aromatic N) is 3. The average Bonchev–Trinajstić information content (AvgIpc) is 3.33. The van der Waals surface area contributed by atoms with Crippen LogP contribution >= 0.6 is 0 Å². The molecule has 10 heteroatoms. The molecular formula is C23H29N3O7. The first kappa shape index (κ1) is 23.0. The largest absolute Gasteiger partial charge is 0.453 e. The predicted molar refractivity (Wildman–Crippen MR) is 115 cm³/mol. The third-order valence-corrected chi connectivity index (χ3v) is 6.36. The van der Waals surface area contributed by atoms with Crippen LogP contribution in [-0.4, -0.2) is 90.1 Å². The third kappa shape index (κ3) is 5.62. The Hall–Kier alpha value is -3.14. The van der Waals surface area contributed by atoms with Gasteiger partial charge in [0.25, 0.3) is 0 Å². The van der Waals surface area contributed by atoms with Crippen LogP contribution in [0.4, 0.5) is 4.79 Å². The summed E-state index contributed by atoms with van der Waals surface area (Å²) < 4.78 is 5.28. The second kappa shape index (κ2) is 10.7. The summed E-state index contributed by atoms with van der Waals surface area (Å²) in [5.74, 6) is -1.16. The fourth-order valence-corrected chi connectivity index (χ4v) is 4.56. The number of rotatable bonds is 5. The molecule has 0 N–H and O–H groups in total. The Morgan fingerprint density at radius 1 is 1.03 bits per heavy atom. The molecule has 0 saturated carbocycles. The summed E-state index contributed by atoms with van der Waals surface area (Å²) >= 11 is 0. The van der Waals surface area contributed by atoms with Gasteiger partial charge in [0.15, 0.2) is 0 Å². The van der Waals surface area contributed by atoms with Crippen LogP contribution in [0.3, 0.4) is 0 Å². The summed E-state index contributed by atoms with van der Waals surface area (Å²) in [7, 11) is 0. The number of hydrogen-bond donors (Lipinski definition) is 0. The maximum absolute atomic E-state index is 13.1. The molecule has 10 nitrogen and oxygen atoms in total. The van der Waals surface area contributed by atoms with Gasteiger partial charge in [-0.2, -0.15) is 0 Å². The summed E-state index contributed by atoms with van der Waals surface area (Å²) in [4.78, 5) is 64.9. The smallest absolute Gasteiger partial charge is 0.378 e. The first-order chi connectivity index (χ1) is 16.0.